The molecule has 0 radical (unpaired) electrons. The Morgan fingerprint density at radius 2 is 2.00 bits per heavy atom. The number of hydrogen-bond acceptors (Lipinski definition) is 2. The molecule has 0 saturated heterocycles. The Kier molecular flexibility index (Phi) is 3.78. The largest absolute Gasteiger partial charge is 0.381 e. The second-order valence-corrected chi connectivity index (χ2v) is 5.09. The van der Waals surface area contributed by atoms with Gasteiger partial charge in [-0.1, -0.05) is 0 Å². The Morgan fingerprint density at radius 1 is 1.47 bits per heavy atom. The Bertz CT molecular complexity index is 352. The van der Waals surface area contributed by atoms with Gasteiger partial charge < -0.3 is 5.11 Å². The molecule has 1 rings (SSSR count). The first kappa shape index (κ1) is 12.9. The molecule has 15 heavy (non-hydrogen) atoms. The zero-order valence-corrected chi connectivity index (χ0v) is 9.88. The lowest BCUT2D eigenvalue weighted by atomic mass is 10.1. The van der Waals surface area contributed by atoms with Crippen molar-refractivity contribution in [2.24, 2.45) is 0 Å². The number of halogens is 5. The summed E-state index contributed by atoms with van der Waals surface area (Å²) in [5, 5.41) is 9.16. The third-order valence-electron chi connectivity index (χ3n) is 1.74. The van der Waals surface area contributed by atoms with Crippen molar-refractivity contribution in [1.82, 2.24) is 0 Å². The van der Waals surface area contributed by atoms with E-state index in [1.807, 2.05) is 0 Å². The van der Waals surface area contributed by atoms with E-state index in [-0.39, 0.29) is 9.35 Å². The molecule has 7 heteroatoms. The lowest BCUT2D eigenvalue weighted by Crippen LogP contribution is -2.34. The third-order valence-corrected chi connectivity index (χ3v) is 3.76. The van der Waals surface area contributed by atoms with Crippen molar-refractivity contribution in [1.29, 1.82) is 0 Å². The maximum atomic E-state index is 12.8. The van der Waals surface area contributed by atoms with E-state index in [1.165, 1.54) is 6.07 Å². The molecule has 1 N–H and O–H groups in total. The van der Waals surface area contributed by atoms with Gasteiger partial charge in [0.25, 0.3) is 0 Å². The van der Waals surface area contributed by atoms with Crippen molar-refractivity contribution in [3.05, 3.63) is 20.3 Å². The molecule has 1 nitrogen and oxygen atoms in total. The molecular weight excluding hydrogens is 300 g/mol. The van der Waals surface area contributed by atoms with E-state index in [9.17, 15) is 17.6 Å². The molecular formula is C8H7BrF4OS. The standard InChI is InChI=1S/C8H7BrF4OS/c1-3-2-4(9)5(15-3)6(14)8(12,13)7(10)11/h2,6-7,14H,1H3. The van der Waals surface area contributed by atoms with Crippen LogP contribution in [0.15, 0.2) is 10.5 Å². The molecule has 1 heterocycles. The molecule has 1 atom stereocenters. The second kappa shape index (κ2) is 4.39. The van der Waals surface area contributed by atoms with Crippen LogP contribution in [0.1, 0.15) is 15.9 Å². The topological polar surface area (TPSA) is 20.2 Å². The zero-order chi connectivity index (χ0) is 11.8. The van der Waals surface area contributed by atoms with E-state index in [2.05, 4.69) is 15.9 Å². The number of hydrogen-bond donors (Lipinski definition) is 1. The van der Waals surface area contributed by atoms with Gasteiger partial charge >= 0.3 is 12.3 Å². The average Bonchev–Trinajstić information content (AvgIpc) is 2.43. The van der Waals surface area contributed by atoms with Crippen LogP contribution >= 0.6 is 27.3 Å². The van der Waals surface area contributed by atoms with Crippen LogP contribution < -0.4 is 0 Å². The number of aliphatic hydroxyl groups is 1. The first-order valence-corrected chi connectivity index (χ1v) is 5.47. The number of thiophene rings is 1. The van der Waals surface area contributed by atoms with Gasteiger partial charge in [0.2, 0.25) is 0 Å². The van der Waals surface area contributed by atoms with Crippen LogP contribution in [0.25, 0.3) is 0 Å². The molecule has 0 aromatic carbocycles. The summed E-state index contributed by atoms with van der Waals surface area (Å²) in [6.45, 7) is 1.63. The molecule has 0 saturated carbocycles. The predicted octanol–water partition coefficient (Wildman–Crippen LogP) is 3.75. The molecule has 0 aliphatic rings. The van der Waals surface area contributed by atoms with Gasteiger partial charge in [0.05, 0.1) is 4.88 Å². The van der Waals surface area contributed by atoms with E-state index in [1.54, 1.807) is 6.92 Å². The van der Waals surface area contributed by atoms with Crippen LogP contribution in [0.5, 0.6) is 0 Å². The molecule has 0 fully saturated rings. The first-order chi connectivity index (χ1) is 6.76. The minimum absolute atomic E-state index is 0.183. The van der Waals surface area contributed by atoms with Gasteiger partial charge in [-0.05, 0) is 28.9 Å². The summed E-state index contributed by atoms with van der Waals surface area (Å²) in [5.74, 6) is -4.43. The third kappa shape index (κ3) is 2.51. The Morgan fingerprint density at radius 3 is 2.33 bits per heavy atom. The van der Waals surface area contributed by atoms with Crippen LogP contribution in [0, 0.1) is 6.92 Å². The fourth-order valence-corrected chi connectivity index (χ4v) is 2.89. The molecule has 0 bridgehead atoms. The van der Waals surface area contributed by atoms with Crippen LogP contribution in [-0.4, -0.2) is 17.5 Å². The highest BCUT2D eigenvalue weighted by molar-refractivity contribution is 9.10. The monoisotopic (exact) mass is 306 g/mol. The zero-order valence-electron chi connectivity index (χ0n) is 7.48. The van der Waals surface area contributed by atoms with Crippen LogP contribution in [0.4, 0.5) is 17.6 Å². The van der Waals surface area contributed by atoms with E-state index in [0.29, 0.717) is 4.88 Å². The molecule has 0 spiro atoms. The number of alkyl halides is 4. The Balaban J connectivity index is 3.04. The molecule has 0 aliphatic carbocycles. The Hall–Kier alpha value is -0.140. The number of aliphatic hydroxyl groups excluding tert-OH is 1. The number of rotatable bonds is 3. The van der Waals surface area contributed by atoms with Gasteiger partial charge in [0.1, 0.15) is 0 Å². The average molecular weight is 307 g/mol. The maximum absolute atomic E-state index is 12.8. The van der Waals surface area contributed by atoms with E-state index in [0.717, 1.165) is 11.3 Å². The van der Waals surface area contributed by atoms with Gasteiger partial charge in [-0.25, -0.2) is 8.78 Å². The van der Waals surface area contributed by atoms with Crippen molar-refractivity contribution in [2.45, 2.75) is 25.4 Å². The summed E-state index contributed by atoms with van der Waals surface area (Å²) in [4.78, 5) is 0.471. The van der Waals surface area contributed by atoms with Crippen molar-refractivity contribution in [2.75, 3.05) is 0 Å². The molecule has 0 aliphatic heterocycles. The van der Waals surface area contributed by atoms with E-state index < -0.39 is 18.5 Å². The van der Waals surface area contributed by atoms with Gasteiger partial charge in [-0.15, -0.1) is 11.3 Å². The fraction of sp³-hybridized carbons (Fsp3) is 0.500. The highest BCUT2D eigenvalue weighted by Gasteiger charge is 2.49. The van der Waals surface area contributed by atoms with Crippen molar-refractivity contribution < 1.29 is 22.7 Å². The highest BCUT2D eigenvalue weighted by Crippen LogP contribution is 2.42. The van der Waals surface area contributed by atoms with Crippen molar-refractivity contribution in [3.8, 4) is 0 Å². The molecule has 1 unspecified atom stereocenters. The first-order valence-electron chi connectivity index (χ1n) is 3.86. The normalized spacial score (nSPS) is 14.7. The molecule has 0 amide bonds. The summed E-state index contributed by atoms with van der Waals surface area (Å²) in [6.07, 6.45) is -6.37. The summed E-state index contributed by atoms with van der Waals surface area (Å²) in [5.41, 5.74) is 0. The SMILES string of the molecule is Cc1cc(Br)c(C(O)C(F)(F)C(F)F)s1. The molecule has 1 aromatic heterocycles. The Labute approximate surface area is 95.9 Å². The summed E-state index contributed by atoms with van der Waals surface area (Å²) in [6, 6.07) is 1.49. The fourth-order valence-electron chi connectivity index (χ4n) is 0.982. The summed E-state index contributed by atoms with van der Waals surface area (Å²) in [7, 11) is 0. The highest BCUT2D eigenvalue weighted by atomic mass is 79.9. The maximum Gasteiger partial charge on any atom is 0.337 e. The van der Waals surface area contributed by atoms with E-state index >= 15 is 0 Å². The van der Waals surface area contributed by atoms with Gasteiger partial charge in [-0.2, -0.15) is 8.78 Å². The lowest BCUT2D eigenvalue weighted by molar-refractivity contribution is -0.193. The summed E-state index contributed by atoms with van der Waals surface area (Å²) >= 11 is 3.79. The predicted molar refractivity (Wildman–Crippen MR) is 52.7 cm³/mol. The summed E-state index contributed by atoms with van der Waals surface area (Å²) < 4.78 is 49.8. The number of aryl methyl sites for hydroxylation is 1. The second-order valence-electron chi connectivity index (χ2n) is 2.95. The minimum atomic E-state index is -4.43. The van der Waals surface area contributed by atoms with Crippen LogP contribution in [0.3, 0.4) is 0 Å². The lowest BCUT2D eigenvalue weighted by Gasteiger charge is -2.20. The van der Waals surface area contributed by atoms with Crippen molar-refractivity contribution in [3.63, 3.8) is 0 Å². The van der Waals surface area contributed by atoms with Gasteiger partial charge in [-0.3, -0.25) is 0 Å². The van der Waals surface area contributed by atoms with Crippen molar-refractivity contribution >= 4 is 27.3 Å². The quantitative estimate of drug-likeness (QED) is 0.843. The van der Waals surface area contributed by atoms with Crippen LogP contribution in [0.2, 0.25) is 0 Å². The molecule has 86 valence electrons. The van der Waals surface area contributed by atoms with Crippen LogP contribution in [-0.2, 0) is 0 Å². The minimum Gasteiger partial charge on any atom is -0.381 e. The van der Waals surface area contributed by atoms with Gasteiger partial charge in [0.15, 0.2) is 6.10 Å². The van der Waals surface area contributed by atoms with Gasteiger partial charge in [0, 0.05) is 9.35 Å². The molecule has 1 aromatic rings. The van der Waals surface area contributed by atoms with E-state index in [4.69, 9.17) is 5.11 Å². The smallest absolute Gasteiger partial charge is 0.337 e.